The first-order valence-corrected chi connectivity index (χ1v) is 9.21. The van der Waals surface area contributed by atoms with Crippen molar-refractivity contribution >= 4 is 31.9 Å². The van der Waals surface area contributed by atoms with Crippen molar-refractivity contribution in [3.05, 3.63) is 27.7 Å². The van der Waals surface area contributed by atoms with Gasteiger partial charge in [-0.25, -0.2) is 13.6 Å². The van der Waals surface area contributed by atoms with Gasteiger partial charge in [-0.3, -0.25) is 4.79 Å². The Bertz CT molecular complexity index is 673. The van der Waals surface area contributed by atoms with Gasteiger partial charge in [-0.2, -0.15) is 0 Å². The van der Waals surface area contributed by atoms with Gasteiger partial charge in [0.25, 0.3) is 5.91 Å². The minimum atomic E-state index is -3.84. The van der Waals surface area contributed by atoms with E-state index in [4.69, 9.17) is 5.14 Å². The molecule has 1 aromatic carbocycles. The molecule has 0 spiro atoms. The number of primary sulfonamides is 1. The Balaban J connectivity index is 2.23. The number of nitrogens with one attached hydrogen (secondary N) is 1. The molecule has 1 aliphatic rings. The summed E-state index contributed by atoms with van der Waals surface area (Å²) in [4.78, 5) is 12.3. The first kappa shape index (κ1) is 16.5. The van der Waals surface area contributed by atoms with Crippen LogP contribution in [0.1, 0.15) is 42.1 Å². The van der Waals surface area contributed by atoms with Gasteiger partial charge in [0.05, 0.1) is 4.90 Å². The van der Waals surface area contributed by atoms with Crippen LogP contribution in [-0.2, 0) is 10.0 Å². The standard InChI is InChI=1S/C14H19BrN2O3S/c1-3-4-9-5-13(9)17-14(18)11-6-10(21(16,19)20)7-12(15)8(11)2/h6-7,9,13H,3-5H2,1-2H3,(H,17,18)(H2,16,19,20). The summed E-state index contributed by atoms with van der Waals surface area (Å²) < 4.78 is 23.5. The quantitative estimate of drug-likeness (QED) is 0.828. The average Bonchev–Trinajstić information content (AvgIpc) is 3.09. The largest absolute Gasteiger partial charge is 0.349 e. The maximum Gasteiger partial charge on any atom is 0.251 e. The normalized spacial score (nSPS) is 21.1. The maximum absolute atomic E-state index is 12.3. The summed E-state index contributed by atoms with van der Waals surface area (Å²) in [5.74, 6) is 0.298. The van der Waals surface area contributed by atoms with Crippen LogP contribution < -0.4 is 10.5 Å². The third kappa shape index (κ3) is 3.84. The molecule has 3 N–H and O–H groups in total. The van der Waals surface area contributed by atoms with Gasteiger partial charge in [-0.15, -0.1) is 0 Å². The lowest BCUT2D eigenvalue weighted by atomic mass is 10.1. The summed E-state index contributed by atoms with van der Waals surface area (Å²) in [6.45, 7) is 3.89. The number of halogens is 1. The second-order valence-corrected chi connectivity index (χ2v) is 7.90. The third-order valence-electron chi connectivity index (χ3n) is 3.79. The highest BCUT2D eigenvalue weighted by Crippen LogP contribution is 2.35. The van der Waals surface area contributed by atoms with Gasteiger partial charge in [-0.05, 0) is 43.4 Å². The van der Waals surface area contributed by atoms with Crippen molar-refractivity contribution in [2.75, 3.05) is 0 Å². The summed E-state index contributed by atoms with van der Waals surface area (Å²) in [5.41, 5.74) is 1.04. The predicted molar refractivity (Wildman–Crippen MR) is 84.5 cm³/mol. The Hall–Kier alpha value is -0.920. The molecule has 2 unspecified atom stereocenters. The van der Waals surface area contributed by atoms with E-state index in [-0.39, 0.29) is 16.8 Å². The second-order valence-electron chi connectivity index (χ2n) is 5.49. The van der Waals surface area contributed by atoms with Crippen LogP contribution in [0, 0.1) is 12.8 Å². The van der Waals surface area contributed by atoms with Gasteiger partial charge in [0.15, 0.2) is 0 Å². The van der Waals surface area contributed by atoms with Crippen molar-refractivity contribution in [3.8, 4) is 0 Å². The SMILES string of the molecule is CCCC1CC1NC(=O)c1cc(S(N)(=O)=O)cc(Br)c1C. The molecule has 0 bridgehead atoms. The maximum atomic E-state index is 12.3. The summed E-state index contributed by atoms with van der Waals surface area (Å²) in [7, 11) is -3.84. The first-order valence-electron chi connectivity index (χ1n) is 6.87. The van der Waals surface area contributed by atoms with Crippen LogP contribution in [0.25, 0.3) is 0 Å². The van der Waals surface area contributed by atoms with Crippen molar-refractivity contribution in [3.63, 3.8) is 0 Å². The number of amides is 1. The van der Waals surface area contributed by atoms with E-state index in [9.17, 15) is 13.2 Å². The molecule has 0 saturated heterocycles. The van der Waals surface area contributed by atoms with Crippen LogP contribution in [0.2, 0.25) is 0 Å². The van der Waals surface area contributed by atoms with Crippen molar-refractivity contribution < 1.29 is 13.2 Å². The number of nitrogens with two attached hydrogens (primary N) is 1. The van der Waals surface area contributed by atoms with Crippen LogP contribution in [0.3, 0.4) is 0 Å². The fourth-order valence-electron chi connectivity index (χ4n) is 2.41. The van der Waals surface area contributed by atoms with Gasteiger partial charge in [0, 0.05) is 16.1 Å². The van der Waals surface area contributed by atoms with E-state index < -0.39 is 10.0 Å². The molecule has 0 heterocycles. The zero-order chi connectivity index (χ0) is 15.8. The predicted octanol–water partition coefficient (Wildman–Crippen LogP) is 2.32. The number of hydrogen-bond acceptors (Lipinski definition) is 3. The van der Waals surface area contributed by atoms with E-state index in [0.29, 0.717) is 21.5 Å². The Morgan fingerprint density at radius 2 is 2.14 bits per heavy atom. The molecule has 0 aromatic heterocycles. The lowest BCUT2D eigenvalue weighted by Gasteiger charge is -2.11. The molecular weight excluding hydrogens is 356 g/mol. The molecule has 1 aliphatic carbocycles. The zero-order valence-corrected chi connectivity index (χ0v) is 14.4. The van der Waals surface area contributed by atoms with Gasteiger partial charge in [0.1, 0.15) is 0 Å². The lowest BCUT2D eigenvalue weighted by molar-refractivity contribution is 0.0948. The summed E-state index contributed by atoms with van der Waals surface area (Å²) in [6, 6.07) is 2.95. The van der Waals surface area contributed by atoms with Gasteiger partial charge in [-0.1, -0.05) is 29.3 Å². The fourth-order valence-corrected chi connectivity index (χ4v) is 3.59. The highest BCUT2D eigenvalue weighted by atomic mass is 79.9. The van der Waals surface area contributed by atoms with E-state index >= 15 is 0 Å². The van der Waals surface area contributed by atoms with Crippen molar-refractivity contribution in [2.24, 2.45) is 11.1 Å². The average molecular weight is 375 g/mol. The Morgan fingerprint density at radius 1 is 1.48 bits per heavy atom. The monoisotopic (exact) mass is 374 g/mol. The van der Waals surface area contributed by atoms with Gasteiger partial charge < -0.3 is 5.32 Å². The summed E-state index contributed by atoms with van der Waals surface area (Å²) >= 11 is 3.28. The molecule has 1 aromatic rings. The lowest BCUT2D eigenvalue weighted by Crippen LogP contribution is -2.28. The summed E-state index contributed by atoms with van der Waals surface area (Å²) in [6.07, 6.45) is 3.20. The van der Waals surface area contributed by atoms with E-state index in [1.807, 2.05) is 0 Å². The zero-order valence-electron chi connectivity index (χ0n) is 12.0. The first-order chi connectivity index (χ1) is 9.74. The molecule has 0 radical (unpaired) electrons. The Kier molecular flexibility index (Phi) is 4.75. The molecule has 1 saturated carbocycles. The molecular formula is C14H19BrN2O3S. The Morgan fingerprint density at radius 3 is 2.71 bits per heavy atom. The minimum Gasteiger partial charge on any atom is -0.349 e. The Labute approximate surface area is 133 Å². The minimum absolute atomic E-state index is 0.0639. The van der Waals surface area contributed by atoms with Crippen molar-refractivity contribution in [1.29, 1.82) is 0 Å². The molecule has 2 atom stereocenters. The third-order valence-corrected chi connectivity index (χ3v) is 5.51. The number of sulfonamides is 1. The number of carbonyl (C=O) groups is 1. The highest BCUT2D eigenvalue weighted by molar-refractivity contribution is 9.10. The van der Waals surface area contributed by atoms with Gasteiger partial charge in [0.2, 0.25) is 10.0 Å². The van der Waals surface area contributed by atoms with Crippen LogP contribution in [-0.4, -0.2) is 20.4 Å². The van der Waals surface area contributed by atoms with Crippen LogP contribution in [0.15, 0.2) is 21.5 Å². The van der Waals surface area contributed by atoms with Crippen LogP contribution in [0.4, 0.5) is 0 Å². The molecule has 0 aliphatic heterocycles. The number of carbonyl (C=O) groups excluding carboxylic acids is 1. The number of rotatable bonds is 5. The van der Waals surface area contributed by atoms with Gasteiger partial charge >= 0.3 is 0 Å². The molecule has 5 nitrogen and oxygen atoms in total. The van der Waals surface area contributed by atoms with E-state index in [0.717, 1.165) is 19.3 Å². The van der Waals surface area contributed by atoms with Crippen molar-refractivity contribution in [1.82, 2.24) is 5.32 Å². The van der Waals surface area contributed by atoms with E-state index in [2.05, 4.69) is 28.2 Å². The van der Waals surface area contributed by atoms with Crippen LogP contribution in [0.5, 0.6) is 0 Å². The molecule has 2 rings (SSSR count). The number of hydrogen-bond donors (Lipinski definition) is 2. The van der Waals surface area contributed by atoms with E-state index in [1.54, 1.807) is 6.92 Å². The molecule has 7 heteroatoms. The molecule has 1 amide bonds. The molecule has 21 heavy (non-hydrogen) atoms. The molecule has 1 fully saturated rings. The topological polar surface area (TPSA) is 89.3 Å². The smallest absolute Gasteiger partial charge is 0.251 e. The van der Waals surface area contributed by atoms with Crippen molar-refractivity contribution in [2.45, 2.75) is 44.0 Å². The summed E-state index contributed by atoms with van der Waals surface area (Å²) in [5, 5.41) is 8.10. The number of benzene rings is 1. The second kappa shape index (κ2) is 6.06. The van der Waals surface area contributed by atoms with Crippen LogP contribution >= 0.6 is 15.9 Å². The van der Waals surface area contributed by atoms with E-state index in [1.165, 1.54) is 12.1 Å². The highest BCUT2D eigenvalue weighted by Gasteiger charge is 2.37. The fraction of sp³-hybridized carbons (Fsp3) is 0.500. The molecule has 116 valence electrons.